The Balaban J connectivity index is 1.98. The lowest BCUT2D eigenvalue weighted by molar-refractivity contribution is -0.137. The van der Waals surface area contributed by atoms with Crippen LogP contribution < -0.4 is 0 Å². The molecule has 25 heavy (non-hydrogen) atoms. The van der Waals surface area contributed by atoms with Gasteiger partial charge in [0.2, 0.25) is 0 Å². The van der Waals surface area contributed by atoms with Gasteiger partial charge >= 0.3 is 6.18 Å². The Morgan fingerprint density at radius 3 is 1.88 bits per heavy atom. The van der Waals surface area contributed by atoms with Gasteiger partial charge in [0.15, 0.2) is 0 Å². The van der Waals surface area contributed by atoms with Gasteiger partial charge in [-0.25, -0.2) is 0 Å². The van der Waals surface area contributed by atoms with Crippen molar-refractivity contribution in [3.05, 3.63) is 106 Å². The van der Waals surface area contributed by atoms with Crippen molar-refractivity contribution in [3.63, 3.8) is 0 Å². The van der Waals surface area contributed by atoms with Gasteiger partial charge in [0, 0.05) is 10.4 Å². The Labute approximate surface area is 153 Å². The molecule has 0 heterocycles. The third kappa shape index (κ3) is 4.31. The largest absolute Gasteiger partial charge is 0.416 e. The fourth-order valence-electron chi connectivity index (χ4n) is 2.90. The van der Waals surface area contributed by atoms with Crippen LogP contribution in [0.4, 0.5) is 13.2 Å². The molecule has 0 amide bonds. The van der Waals surface area contributed by atoms with Gasteiger partial charge in [-0.05, 0) is 41.3 Å². The molecule has 3 aromatic rings. The molecule has 3 rings (SSSR count). The third-order valence-electron chi connectivity index (χ3n) is 4.22. The Hall–Kier alpha value is -2.07. The molecule has 0 aliphatic heterocycles. The maximum absolute atomic E-state index is 12.8. The molecule has 128 valence electrons. The Kier molecular flexibility index (Phi) is 5.28. The summed E-state index contributed by atoms with van der Waals surface area (Å²) < 4.78 is 39.5. The molecule has 0 saturated heterocycles. The Morgan fingerprint density at radius 1 is 0.720 bits per heavy atom. The lowest BCUT2D eigenvalue weighted by atomic mass is 9.85. The molecule has 1 atom stereocenters. The molecule has 0 bridgehead atoms. The molecular weight excluding hydrogens is 389 g/mol. The van der Waals surface area contributed by atoms with Crippen LogP contribution in [0.1, 0.15) is 28.2 Å². The first kappa shape index (κ1) is 17.7. The normalized spacial score (nSPS) is 12.8. The van der Waals surface area contributed by atoms with Crippen molar-refractivity contribution < 1.29 is 13.2 Å². The van der Waals surface area contributed by atoms with Gasteiger partial charge in [-0.1, -0.05) is 76.6 Å². The van der Waals surface area contributed by atoms with Crippen molar-refractivity contribution in [1.82, 2.24) is 0 Å². The molecule has 4 heteroatoms. The SMILES string of the molecule is FC(F)(F)c1ccc(C(Cc2ccccc2Br)c2ccccc2)cc1. The molecule has 0 radical (unpaired) electrons. The van der Waals surface area contributed by atoms with E-state index in [0.717, 1.165) is 33.3 Å². The van der Waals surface area contributed by atoms with Gasteiger partial charge in [-0.3, -0.25) is 0 Å². The first-order chi connectivity index (χ1) is 11.9. The van der Waals surface area contributed by atoms with Gasteiger partial charge < -0.3 is 0 Å². The van der Waals surface area contributed by atoms with Crippen LogP contribution in [0, 0.1) is 0 Å². The van der Waals surface area contributed by atoms with Gasteiger partial charge in [0.1, 0.15) is 0 Å². The van der Waals surface area contributed by atoms with Gasteiger partial charge in [0.05, 0.1) is 5.56 Å². The summed E-state index contributed by atoms with van der Waals surface area (Å²) in [4.78, 5) is 0. The van der Waals surface area contributed by atoms with E-state index in [1.807, 2.05) is 54.6 Å². The lowest BCUT2D eigenvalue weighted by Gasteiger charge is -2.20. The molecule has 0 saturated carbocycles. The maximum Gasteiger partial charge on any atom is 0.416 e. The number of halogens is 4. The summed E-state index contributed by atoms with van der Waals surface area (Å²) in [5.41, 5.74) is 2.45. The van der Waals surface area contributed by atoms with E-state index in [1.165, 1.54) is 0 Å². The minimum Gasteiger partial charge on any atom is -0.166 e. The van der Waals surface area contributed by atoms with Crippen LogP contribution in [0.3, 0.4) is 0 Å². The van der Waals surface area contributed by atoms with E-state index in [1.54, 1.807) is 12.1 Å². The highest BCUT2D eigenvalue weighted by molar-refractivity contribution is 9.10. The molecule has 0 nitrogen and oxygen atoms in total. The molecule has 1 unspecified atom stereocenters. The summed E-state index contributed by atoms with van der Waals surface area (Å²) in [6, 6.07) is 23.3. The van der Waals surface area contributed by atoms with Crippen molar-refractivity contribution in [3.8, 4) is 0 Å². The van der Waals surface area contributed by atoms with Crippen LogP contribution in [-0.2, 0) is 12.6 Å². The van der Waals surface area contributed by atoms with E-state index in [2.05, 4.69) is 15.9 Å². The summed E-state index contributed by atoms with van der Waals surface area (Å²) in [7, 11) is 0. The van der Waals surface area contributed by atoms with Crippen LogP contribution in [0.5, 0.6) is 0 Å². The molecule has 0 aromatic heterocycles. The van der Waals surface area contributed by atoms with Crippen LogP contribution in [0.15, 0.2) is 83.3 Å². The number of hydrogen-bond donors (Lipinski definition) is 0. The van der Waals surface area contributed by atoms with Crippen molar-refractivity contribution in [2.45, 2.75) is 18.5 Å². The number of benzene rings is 3. The second-order valence-electron chi connectivity index (χ2n) is 5.88. The zero-order valence-corrected chi connectivity index (χ0v) is 14.9. The smallest absolute Gasteiger partial charge is 0.166 e. The summed E-state index contributed by atoms with van der Waals surface area (Å²) in [6.45, 7) is 0. The van der Waals surface area contributed by atoms with Crippen LogP contribution >= 0.6 is 15.9 Å². The Morgan fingerprint density at radius 2 is 1.28 bits per heavy atom. The van der Waals surface area contributed by atoms with Crippen molar-refractivity contribution in [1.29, 1.82) is 0 Å². The van der Waals surface area contributed by atoms with Crippen molar-refractivity contribution in [2.75, 3.05) is 0 Å². The first-order valence-electron chi connectivity index (χ1n) is 7.90. The number of rotatable bonds is 4. The van der Waals surface area contributed by atoms with Crippen LogP contribution in [0.2, 0.25) is 0 Å². The predicted octanol–water partition coefficient (Wildman–Crippen LogP) is 6.84. The first-order valence-corrected chi connectivity index (χ1v) is 8.70. The highest BCUT2D eigenvalue weighted by Gasteiger charge is 2.30. The van der Waals surface area contributed by atoms with Crippen LogP contribution in [0.25, 0.3) is 0 Å². The molecular formula is C21H16BrF3. The summed E-state index contributed by atoms with van der Waals surface area (Å²) in [5.74, 6) is -0.0119. The van der Waals surface area contributed by atoms with Gasteiger partial charge in [-0.2, -0.15) is 13.2 Å². The predicted molar refractivity (Wildman–Crippen MR) is 97.6 cm³/mol. The molecule has 3 aromatic carbocycles. The van der Waals surface area contributed by atoms with E-state index in [-0.39, 0.29) is 5.92 Å². The molecule has 0 fully saturated rings. The fourth-order valence-corrected chi connectivity index (χ4v) is 3.35. The quantitative estimate of drug-likeness (QED) is 0.446. The molecule has 0 aliphatic carbocycles. The van der Waals surface area contributed by atoms with E-state index in [4.69, 9.17) is 0 Å². The highest BCUT2D eigenvalue weighted by atomic mass is 79.9. The van der Waals surface area contributed by atoms with E-state index in [0.29, 0.717) is 6.42 Å². The van der Waals surface area contributed by atoms with Gasteiger partial charge in [0.25, 0.3) is 0 Å². The van der Waals surface area contributed by atoms with E-state index < -0.39 is 11.7 Å². The summed E-state index contributed by atoms with van der Waals surface area (Å²) in [6.07, 6.45) is -3.61. The average Bonchev–Trinajstić information content (AvgIpc) is 2.61. The summed E-state index contributed by atoms with van der Waals surface area (Å²) >= 11 is 3.56. The molecule has 0 aliphatic rings. The van der Waals surface area contributed by atoms with Gasteiger partial charge in [-0.15, -0.1) is 0 Å². The highest BCUT2D eigenvalue weighted by Crippen LogP contribution is 2.34. The Bertz CT molecular complexity index is 824. The second kappa shape index (κ2) is 7.44. The standard InChI is InChI=1S/C21H16BrF3/c22-20-9-5-4-8-17(20)14-19(15-6-2-1-3-7-15)16-10-12-18(13-11-16)21(23,24)25/h1-13,19H,14H2. The summed E-state index contributed by atoms with van der Waals surface area (Å²) in [5, 5.41) is 0. The zero-order valence-electron chi connectivity index (χ0n) is 13.3. The maximum atomic E-state index is 12.8. The topological polar surface area (TPSA) is 0 Å². The minimum atomic E-state index is -4.32. The van der Waals surface area contributed by atoms with E-state index >= 15 is 0 Å². The van der Waals surface area contributed by atoms with Crippen LogP contribution in [-0.4, -0.2) is 0 Å². The van der Waals surface area contributed by atoms with Crippen molar-refractivity contribution in [2.24, 2.45) is 0 Å². The zero-order chi connectivity index (χ0) is 17.9. The second-order valence-corrected chi connectivity index (χ2v) is 6.73. The van der Waals surface area contributed by atoms with E-state index in [9.17, 15) is 13.2 Å². The minimum absolute atomic E-state index is 0.0119. The van der Waals surface area contributed by atoms with Crippen molar-refractivity contribution >= 4 is 15.9 Å². The third-order valence-corrected chi connectivity index (χ3v) is 5.00. The lowest BCUT2D eigenvalue weighted by Crippen LogP contribution is -2.08. The number of hydrogen-bond acceptors (Lipinski definition) is 0. The molecule has 0 spiro atoms. The number of alkyl halides is 3. The average molecular weight is 405 g/mol. The fraction of sp³-hybridized carbons (Fsp3) is 0.143. The monoisotopic (exact) mass is 404 g/mol. The molecule has 0 N–H and O–H groups in total.